The lowest BCUT2D eigenvalue weighted by Gasteiger charge is -2.14. The fraction of sp³-hybridized carbons (Fsp3) is 0.556. The molecular weight excluding hydrogens is 188 g/mol. The van der Waals surface area contributed by atoms with Crippen LogP contribution in [0.15, 0.2) is 11.6 Å². The van der Waals surface area contributed by atoms with Gasteiger partial charge in [-0.15, -0.1) is 0 Å². The summed E-state index contributed by atoms with van der Waals surface area (Å²) in [6.07, 6.45) is 1.23. The highest BCUT2D eigenvalue weighted by atomic mass is 16.5. The molecule has 1 atom stereocenters. The third kappa shape index (κ3) is 4.04. The average Bonchev–Trinajstić information content (AvgIpc) is 2.10. The highest BCUT2D eigenvalue weighted by Gasteiger charge is 2.20. The molecule has 0 radical (unpaired) electrons. The zero-order valence-electron chi connectivity index (χ0n) is 8.19. The summed E-state index contributed by atoms with van der Waals surface area (Å²) in [6, 6.07) is 0. The lowest BCUT2D eigenvalue weighted by atomic mass is 10.1. The molecule has 0 aliphatic carbocycles. The van der Waals surface area contributed by atoms with Crippen molar-refractivity contribution in [1.29, 1.82) is 0 Å². The van der Waals surface area contributed by atoms with Gasteiger partial charge in [0, 0.05) is 13.2 Å². The topological polar surface area (TPSA) is 83.8 Å². The molecule has 0 aromatic rings. The van der Waals surface area contributed by atoms with Crippen LogP contribution in [0.3, 0.4) is 0 Å². The lowest BCUT2D eigenvalue weighted by molar-refractivity contribution is -0.136. The molecule has 0 spiro atoms. The minimum atomic E-state index is -1.28. The van der Waals surface area contributed by atoms with Crippen LogP contribution >= 0.6 is 0 Å². The van der Waals surface area contributed by atoms with Gasteiger partial charge in [0.05, 0.1) is 11.7 Å². The smallest absolute Gasteiger partial charge is 0.334 e. The minimum Gasteiger partial charge on any atom is -0.478 e. The van der Waals surface area contributed by atoms with Crippen LogP contribution in [-0.2, 0) is 14.3 Å². The Morgan fingerprint density at radius 1 is 1.43 bits per heavy atom. The molecular formula is C9H14O5. The fourth-order valence-electron chi connectivity index (χ4n) is 1.09. The minimum absolute atomic E-state index is 0.221. The van der Waals surface area contributed by atoms with Crippen molar-refractivity contribution in [3.63, 3.8) is 0 Å². The van der Waals surface area contributed by atoms with E-state index >= 15 is 0 Å². The highest BCUT2D eigenvalue weighted by molar-refractivity contribution is 5.95. The second-order valence-corrected chi connectivity index (χ2v) is 2.76. The van der Waals surface area contributed by atoms with Gasteiger partial charge in [-0.2, -0.15) is 0 Å². The van der Waals surface area contributed by atoms with Crippen molar-refractivity contribution in [2.24, 2.45) is 0 Å². The molecule has 0 bridgehead atoms. The Morgan fingerprint density at radius 3 is 2.29 bits per heavy atom. The largest absolute Gasteiger partial charge is 0.478 e. The Hall–Kier alpha value is -1.36. The van der Waals surface area contributed by atoms with Crippen LogP contribution in [0.5, 0.6) is 0 Å². The Morgan fingerprint density at radius 2 is 2.00 bits per heavy atom. The Labute approximate surface area is 82.0 Å². The van der Waals surface area contributed by atoms with Crippen molar-refractivity contribution in [2.45, 2.75) is 25.9 Å². The van der Waals surface area contributed by atoms with Gasteiger partial charge in [0.15, 0.2) is 0 Å². The number of carbonyl (C=O) groups is 2. The predicted octanol–water partition coefficient (Wildman–Crippen LogP) is 0.897. The molecule has 80 valence electrons. The first-order valence-electron chi connectivity index (χ1n) is 4.23. The summed E-state index contributed by atoms with van der Waals surface area (Å²) in [4.78, 5) is 21.0. The van der Waals surface area contributed by atoms with Crippen molar-refractivity contribution < 1.29 is 24.5 Å². The van der Waals surface area contributed by atoms with Gasteiger partial charge >= 0.3 is 11.9 Å². The van der Waals surface area contributed by atoms with Crippen LogP contribution in [-0.4, -0.2) is 35.4 Å². The number of hydrogen-bond donors (Lipinski definition) is 2. The summed E-state index contributed by atoms with van der Waals surface area (Å²) < 4.78 is 4.90. The standard InChI is InChI=1S/C9H14O5/c1-3-4-7(14-2)6(9(12)13)5-8(10)11/h5,7H,3-4H2,1-2H3,(H,10,11)(H,12,13). The Bertz CT molecular complexity index is 244. The van der Waals surface area contributed by atoms with E-state index in [9.17, 15) is 9.59 Å². The van der Waals surface area contributed by atoms with Crippen LogP contribution < -0.4 is 0 Å². The van der Waals surface area contributed by atoms with Crippen LogP contribution in [0.25, 0.3) is 0 Å². The van der Waals surface area contributed by atoms with E-state index in [1.165, 1.54) is 7.11 Å². The summed E-state index contributed by atoms with van der Waals surface area (Å²) in [5, 5.41) is 17.2. The van der Waals surface area contributed by atoms with Gasteiger partial charge < -0.3 is 14.9 Å². The maximum absolute atomic E-state index is 10.7. The molecule has 0 fully saturated rings. The molecule has 1 unspecified atom stereocenters. The van der Waals surface area contributed by atoms with Crippen molar-refractivity contribution in [3.8, 4) is 0 Å². The van der Waals surface area contributed by atoms with Crippen LogP contribution in [0.2, 0.25) is 0 Å². The number of methoxy groups -OCH3 is 1. The fourth-order valence-corrected chi connectivity index (χ4v) is 1.09. The molecule has 0 aromatic heterocycles. The highest BCUT2D eigenvalue weighted by Crippen LogP contribution is 2.12. The van der Waals surface area contributed by atoms with Crippen LogP contribution in [0.4, 0.5) is 0 Å². The first kappa shape index (κ1) is 12.6. The molecule has 0 aliphatic rings. The molecule has 0 saturated heterocycles. The number of carboxylic acids is 2. The van der Waals surface area contributed by atoms with E-state index in [0.29, 0.717) is 12.5 Å². The SMILES string of the molecule is CCCC(OC)C(=CC(=O)O)C(=O)O. The number of carboxylic acid groups (broad SMARTS) is 2. The second kappa shape index (κ2) is 6.15. The first-order valence-corrected chi connectivity index (χ1v) is 4.23. The van der Waals surface area contributed by atoms with Crippen molar-refractivity contribution in [3.05, 3.63) is 11.6 Å². The van der Waals surface area contributed by atoms with Gasteiger partial charge in [0.1, 0.15) is 0 Å². The Balaban J connectivity index is 4.78. The number of hydrogen-bond acceptors (Lipinski definition) is 3. The van der Waals surface area contributed by atoms with Gasteiger partial charge in [-0.1, -0.05) is 13.3 Å². The summed E-state index contributed by atoms with van der Waals surface area (Å²) in [5.41, 5.74) is -0.221. The van der Waals surface area contributed by atoms with E-state index in [0.717, 1.165) is 6.42 Å². The first-order chi connectivity index (χ1) is 6.52. The maximum atomic E-state index is 10.7. The molecule has 0 aromatic carbocycles. The van der Waals surface area contributed by atoms with E-state index in [-0.39, 0.29) is 5.57 Å². The number of aliphatic carboxylic acids is 2. The molecule has 0 amide bonds. The number of ether oxygens (including phenoxy) is 1. The Kier molecular flexibility index (Phi) is 5.55. The van der Waals surface area contributed by atoms with Gasteiger partial charge in [-0.3, -0.25) is 0 Å². The molecule has 14 heavy (non-hydrogen) atoms. The summed E-state index contributed by atoms with van der Waals surface area (Å²) in [7, 11) is 1.36. The molecule has 0 heterocycles. The van der Waals surface area contributed by atoms with E-state index in [2.05, 4.69) is 0 Å². The van der Waals surface area contributed by atoms with Crippen molar-refractivity contribution in [1.82, 2.24) is 0 Å². The second-order valence-electron chi connectivity index (χ2n) is 2.76. The predicted molar refractivity (Wildman–Crippen MR) is 49.1 cm³/mol. The summed E-state index contributed by atoms with van der Waals surface area (Å²) in [6.45, 7) is 1.87. The molecule has 0 saturated carbocycles. The maximum Gasteiger partial charge on any atom is 0.334 e. The zero-order valence-corrected chi connectivity index (χ0v) is 8.19. The quantitative estimate of drug-likeness (QED) is 0.625. The van der Waals surface area contributed by atoms with E-state index in [1.807, 2.05) is 6.92 Å². The molecule has 2 N–H and O–H groups in total. The lowest BCUT2D eigenvalue weighted by Crippen LogP contribution is -2.21. The summed E-state index contributed by atoms with van der Waals surface area (Å²) >= 11 is 0. The molecule has 0 rings (SSSR count). The summed E-state index contributed by atoms with van der Waals surface area (Å²) in [5.74, 6) is -2.53. The number of rotatable bonds is 6. The van der Waals surface area contributed by atoms with E-state index < -0.39 is 18.0 Å². The molecule has 0 aliphatic heterocycles. The van der Waals surface area contributed by atoms with Gasteiger partial charge in [-0.05, 0) is 6.42 Å². The zero-order chi connectivity index (χ0) is 11.1. The van der Waals surface area contributed by atoms with Crippen LogP contribution in [0.1, 0.15) is 19.8 Å². The van der Waals surface area contributed by atoms with E-state index in [1.54, 1.807) is 0 Å². The van der Waals surface area contributed by atoms with Crippen molar-refractivity contribution in [2.75, 3.05) is 7.11 Å². The van der Waals surface area contributed by atoms with E-state index in [4.69, 9.17) is 14.9 Å². The van der Waals surface area contributed by atoms with Crippen molar-refractivity contribution >= 4 is 11.9 Å². The third-order valence-corrected chi connectivity index (χ3v) is 1.71. The molecule has 5 heteroatoms. The van der Waals surface area contributed by atoms with Crippen LogP contribution in [0, 0.1) is 0 Å². The normalized spacial score (nSPS) is 13.7. The van der Waals surface area contributed by atoms with Gasteiger partial charge in [-0.25, -0.2) is 9.59 Å². The average molecular weight is 202 g/mol. The molecule has 5 nitrogen and oxygen atoms in total. The third-order valence-electron chi connectivity index (χ3n) is 1.71. The monoisotopic (exact) mass is 202 g/mol. The van der Waals surface area contributed by atoms with Gasteiger partial charge in [0.25, 0.3) is 0 Å². The van der Waals surface area contributed by atoms with Gasteiger partial charge in [0.2, 0.25) is 0 Å².